The molecule has 2 aliphatic heterocycles. The van der Waals surface area contributed by atoms with E-state index in [1.807, 2.05) is 0 Å². The number of benzene rings is 2. The molecule has 2 aromatic carbocycles. The van der Waals surface area contributed by atoms with Crippen LogP contribution in [0.25, 0.3) is 0 Å². The van der Waals surface area contributed by atoms with E-state index in [0.717, 1.165) is 5.56 Å². The predicted molar refractivity (Wildman–Crippen MR) is 93.5 cm³/mol. The van der Waals surface area contributed by atoms with Gasteiger partial charge in [0.1, 0.15) is 5.82 Å². The summed E-state index contributed by atoms with van der Waals surface area (Å²) in [6.45, 7) is 2.07. The van der Waals surface area contributed by atoms with Gasteiger partial charge in [0.05, 0.1) is 5.92 Å². The summed E-state index contributed by atoms with van der Waals surface area (Å²) in [5.74, 6) is -1.73. The van der Waals surface area contributed by atoms with Gasteiger partial charge in [-0.25, -0.2) is 4.39 Å². The molecule has 1 N–H and O–H groups in total. The van der Waals surface area contributed by atoms with Crippen molar-refractivity contribution in [1.29, 1.82) is 0 Å². The standard InChI is InChI=1S/C20H18FNO5/c1-11-2-3-13(6-16(11)21)19(23)22-8-14(15(9-22)20(24)25)12-4-5-17-18(7-12)27-10-26-17/h2-7,14-15H,8-10H2,1H3,(H,24,25)/t14-,15+/m0/s1. The van der Waals surface area contributed by atoms with Gasteiger partial charge in [0.15, 0.2) is 11.5 Å². The number of ether oxygens (including phenoxy) is 2. The summed E-state index contributed by atoms with van der Waals surface area (Å²) in [6, 6.07) is 9.61. The Hall–Kier alpha value is -3.09. The van der Waals surface area contributed by atoms with Crippen LogP contribution in [0.5, 0.6) is 11.5 Å². The van der Waals surface area contributed by atoms with Crippen molar-refractivity contribution in [2.75, 3.05) is 19.9 Å². The zero-order chi connectivity index (χ0) is 19.1. The minimum absolute atomic E-state index is 0.0722. The molecule has 0 aromatic heterocycles. The third-order valence-corrected chi connectivity index (χ3v) is 5.17. The monoisotopic (exact) mass is 371 g/mol. The highest BCUT2D eigenvalue weighted by atomic mass is 19.1. The summed E-state index contributed by atoms with van der Waals surface area (Å²) in [7, 11) is 0. The number of aryl methyl sites for hydroxylation is 1. The van der Waals surface area contributed by atoms with Crippen molar-refractivity contribution in [1.82, 2.24) is 4.90 Å². The molecule has 0 unspecified atom stereocenters. The number of carboxylic acids is 1. The second kappa shape index (κ2) is 6.57. The average molecular weight is 371 g/mol. The molecule has 0 radical (unpaired) electrons. The maximum Gasteiger partial charge on any atom is 0.308 e. The molecule has 0 saturated carbocycles. The van der Waals surface area contributed by atoms with Crippen LogP contribution in [0.1, 0.15) is 27.4 Å². The molecular formula is C20H18FNO5. The molecule has 7 heteroatoms. The second-order valence-electron chi connectivity index (χ2n) is 6.84. The number of rotatable bonds is 3. The van der Waals surface area contributed by atoms with E-state index in [1.54, 1.807) is 37.3 Å². The first kappa shape index (κ1) is 17.3. The van der Waals surface area contributed by atoms with Gasteiger partial charge in [-0.05, 0) is 42.3 Å². The molecule has 6 nitrogen and oxygen atoms in total. The van der Waals surface area contributed by atoms with Gasteiger partial charge in [0, 0.05) is 24.6 Å². The van der Waals surface area contributed by atoms with Crippen LogP contribution < -0.4 is 9.47 Å². The maximum absolute atomic E-state index is 13.8. The first-order chi connectivity index (χ1) is 12.9. The summed E-state index contributed by atoms with van der Waals surface area (Å²) in [4.78, 5) is 26.0. The van der Waals surface area contributed by atoms with Gasteiger partial charge in [-0.3, -0.25) is 9.59 Å². The van der Waals surface area contributed by atoms with Gasteiger partial charge in [0.25, 0.3) is 5.91 Å². The molecule has 2 atom stereocenters. The van der Waals surface area contributed by atoms with Crippen molar-refractivity contribution < 1.29 is 28.6 Å². The number of carbonyl (C=O) groups is 2. The van der Waals surface area contributed by atoms with Crippen molar-refractivity contribution in [2.45, 2.75) is 12.8 Å². The van der Waals surface area contributed by atoms with E-state index in [9.17, 15) is 19.1 Å². The Kier molecular flexibility index (Phi) is 4.22. The van der Waals surface area contributed by atoms with Gasteiger partial charge < -0.3 is 19.5 Å². The smallest absolute Gasteiger partial charge is 0.308 e. The number of aliphatic carboxylic acids is 1. The van der Waals surface area contributed by atoms with E-state index in [4.69, 9.17) is 9.47 Å². The maximum atomic E-state index is 13.8. The van der Waals surface area contributed by atoms with Crippen LogP contribution in [0.4, 0.5) is 4.39 Å². The molecule has 2 aromatic rings. The quantitative estimate of drug-likeness (QED) is 0.898. The Morgan fingerprint density at radius 3 is 2.63 bits per heavy atom. The zero-order valence-electron chi connectivity index (χ0n) is 14.6. The minimum Gasteiger partial charge on any atom is -0.481 e. The highest BCUT2D eigenvalue weighted by molar-refractivity contribution is 5.95. The molecular weight excluding hydrogens is 353 g/mol. The molecule has 1 fully saturated rings. The van der Waals surface area contributed by atoms with Gasteiger partial charge in [-0.15, -0.1) is 0 Å². The molecule has 0 aliphatic carbocycles. The number of hydrogen-bond donors (Lipinski definition) is 1. The van der Waals surface area contributed by atoms with Crippen LogP contribution in [0.15, 0.2) is 36.4 Å². The average Bonchev–Trinajstić information content (AvgIpc) is 3.29. The molecule has 2 heterocycles. The Morgan fingerprint density at radius 2 is 1.89 bits per heavy atom. The van der Waals surface area contributed by atoms with Crippen LogP contribution in [0.2, 0.25) is 0 Å². The van der Waals surface area contributed by atoms with Crippen LogP contribution >= 0.6 is 0 Å². The fourth-order valence-corrected chi connectivity index (χ4v) is 3.61. The number of amides is 1. The van der Waals surface area contributed by atoms with Crippen molar-refractivity contribution in [3.05, 3.63) is 58.9 Å². The summed E-state index contributed by atoms with van der Waals surface area (Å²) in [5.41, 5.74) is 1.44. The molecule has 1 amide bonds. The van der Waals surface area contributed by atoms with Crippen molar-refractivity contribution in [2.24, 2.45) is 5.92 Å². The van der Waals surface area contributed by atoms with Gasteiger partial charge >= 0.3 is 5.97 Å². The fraction of sp³-hybridized carbons (Fsp3) is 0.300. The molecule has 140 valence electrons. The van der Waals surface area contributed by atoms with Gasteiger partial charge in [-0.1, -0.05) is 12.1 Å². The molecule has 1 saturated heterocycles. The lowest BCUT2D eigenvalue weighted by molar-refractivity contribution is -0.141. The Morgan fingerprint density at radius 1 is 1.11 bits per heavy atom. The summed E-state index contributed by atoms with van der Waals surface area (Å²) in [6.07, 6.45) is 0. The van der Waals surface area contributed by atoms with Crippen LogP contribution in [0, 0.1) is 18.7 Å². The molecule has 0 bridgehead atoms. The third-order valence-electron chi connectivity index (χ3n) is 5.17. The minimum atomic E-state index is -0.969. The number of carbonyl (C=O) groups excluding carboxylic acids is 1. The first-order valence-electron chi connectivity index (χ1n) is 8.62. The number of nitrogens with zero attached hydrogens (tertiary/aromatic N) is 1. The second-order valence-corrected chi connectivity index (χ2v) is 6.84. The number of fused-ring (bicyclic) bond motifs is 1. The Balaban J connectivity index is 1.61. The molecule has 27 heavy (non-hydrogen) atoms. The summed E-state index contributed by atoms with van der Waals surface area (Å²) >= 11 is 0. The number of hydrogen-bond acceptors (Lipinski definition) is 4. The van der Waals surface area contributed by atoms with Gasteiger partial charge in [0.2, 0.25) is 6.79 Å². The Labute approximate surface area is 155 Å². The fourth-order valence-electron chi connectivity index (χ4n) is 3.61. The number of carboxylic acid groups (broad SMARTS) is 1. The van der Waals surface area contributed by atoms with E-state index < -0.39 is 17.7 Å². The summed E-state index contributed by atoms with van der Waals surface area (Å²) < 4.78 is 24.5. The van der Waals surface area contributed by atoms with Crippen LogP contribution in [-0.2, 0) is 4.79 Å². The van der Waals surface area contributed by atoms with E-state index in [2.05, 4.69) is 0 Å². The normalized spacial score (nSPS) is 20.7. The lowest BCUT2D eigenvalue weighted by Gasteiger charge is -2.17. The van der Waals surface area contributed by atoms with Crippen molar-refractivity contribution >= 4 is 11.9 Å². The molecule has 0 spiro atoms. The topological polar surface area (TPSA) is 76.1 Å². The highest BCUT2D eigenvalue weighted by Crippen LogP contribution is 2.39. The van der Waals surface area contributed by atoms with Crippen LogP contribution in [-0.4, -0.2) is 41.8 Å². The van der Waals surface area contributed by atoms with E-state index in [-0.39, 0.29) is 37.3 Å². The number of halogens is 1. The highest BCUT2D eigenvalue weighted by Gasteiger charge is 2.41. The van der Waals surface area contributed by atoms with Crippen LogP contribution in [0.3, 0.4) is 0 Å². The SMILES string of the molecule is Cc1ccc(C(=O)N2C[C@@H](C(=O)O)[C@H](c3ccc4c(c3)OCO4)C2)cc1F. The lowest BCUT2D eigenvalue weighted by atomic mass is 9.89. The van der Waals surface area contributed by atoms with E-state index >= 15 is 0 Å². The van der Waals surface area contributed by atoms with E-state index in [1.165, 1.54) is 11.0 Å². The zero-order valence-corrected chi connectivity index (χ0v) is 14.6. The summed E-state index contributed by atoms with van der Waals surface area (Å²) in [5, 5.41) is 9.64. The first-order valence-corrected chi connectivity index (χ1v) is 8.62. The number of likely N-dealkylation sites (tertiary alicyclic amines) is 1. The third kappa shape index (κ3) is 3.09. The predicted octanol–water partition coefficient (Wildman–Crippen LogP) is 2.80. The molecule has 2 aliphatic rings. The Bertz CT molecular complexity index is 929. The van der Waals surface area contributed by atoms with Crippen molar-refractivity contribution in [3.63, 3.8) is 0 Å². The lowest BCUT2D eigenvalue weighted by Crippen LogP contribution is -2.30. The molecule has 4 rings (SSSR count). The van der Waals surface area contributed by atoms with Gasteiger partial charge in [-0.2, -0.15) is 0 Å². The van der Waals surface area contributed by atoms with E-state index in [0.29, 0.717) is 17.1 Å². The van der Waals surface area contributed by atoms with Crippen molar-refractivity contribution in [3.8, 4) is 11.5 Å². The largest absolute Gasteiger partial charge is 0.481 e.